The van der Waals surface area contributed by atoms with Gasteiger partial charge in [-0.3, -0.25) is 16.0 Å². The normalized spacial score (nSPS) is 12.4. The molecule has 19 heavy (non-hydrogen) atoms. The maximum absolute atomic E-state index is 5.61. The van der Waals surface area contributed by atoms with Crippen molar-refractivity contribution in [2.45, 2.75) is 18.9 Å². The summed E-state index contributed by atoms with van der Waals surface area (Å²) in [6.45, 7) is 0. The second-order valence-electron chi connectivity index (χ2n) is 4.42. The number of rotatable bonds is 6. The van der Waals surface area contributed by atoms with Crippen LogP contribution in [0, 0.1) is 0 Å². The van der Waals surface area contributed by atoms with Crippen LogP contribution in [0.2, 0.25) is 0 Å². The van der Waals surface area contributed by atoms with E-state index in [4.69, 9.17) is 10.6 Å². The number of hydrogen-bond acceptors (Lipinski definition) is 5. The molecule has 0 fully saturated rings. The van der Waals surface area contributed by atoms with Gasteiger partial charge in [-0.1, -0.05) is 12.1 Å². The zero-order chi connectivity index (χ0) is 13.7. The number of hydrazine groups is 1. The van der Waals surface area contributed by atoms with Crippen LogP contribution in [0.1, 0.15) is 11.4 Å². The number of nitrogens with zero attached hydrogens (tertiary/aromatic N) is 3. The monoisotopic (exact) mass is 261 g/mol. The predicted octanol–water partition coefficient (Wildman–Crippen LogP) is 0.441. The van der Waals surface area contributed by atoms with Crippen LogP contribution in [0.25, 0.3) is 0 Å². The van der Waals surface area contributed by atoms with Crippen LogP contribution in [0.15, 0.2) is 30.6 Å². The fraction of sp³-hybridized carbons (Fsp3) is 0.385. The molecule has 1 unspecified atom stereocenters. The summed E-state index contributed by atoms with van der Waals surface area (Å²) in [6, 6.07) is 8.10. The second-order valence-corrected chi connectivity index (χ2v) is 4.42. The van der Waals surface area contributed by atoms with Gasteiger partial charge in [-0.05, 0) is 24.1 Å². The Morgan fingerprint density at radius 3 is 2.58 bits per heavy atom. The van der Waals surface area contributed by atoms with Crippen LogP contribution < -0.4 is 16.0 Å². The molecule has 3 N–H and O–H groups in total. The zero-order valence-electron chi connectivity index (χ0n) is 11.2. The predicted molar refractivity (Wildman–Crippen MR) is 72.5 cm³/mol. The first kappa shape index (κ1) is 13.5. The Hall–Kier alpha value is -1.92. The summed E-state index contributed by atoms with van der Waals surface area (Å²) in [7, 11) is 3.54. The number of nitrogens with two attached hydrogens (primary N) is 1. The molecule has 0 aliphatic heterocycles. The molecule has 6 nitrogen and oxygen atoms in total. The van der Waals surface area contributed by atoms with E-state index < -0.39 is 0 Å². The van der Waals surface area contributed by atoms with E-state index >= 15 is 0 Å². The summed E-state index contributed by atoms with van der Waals surface area (Å²) in [5, 5.41) is 4.05. The number of aromatic nitrogens is 3. The minimum atomic E-state index is 0.122. The summed E-state index contributed by atoms with van der Waals surface area (Å²) in [5.74, 6) is 7.38. The lowest BCUT2D eigenvalue weighted by atomic mass is 10.0. The van der Waals surface area contributed by atoms with Gasteiger partial charge in [-0.25, -0.2) is 4.98 Å². The van der Waals surface area contributed by atoms with Gasteiger partial charge in [0, 0.05) is 19.5 Å². The quantitative estimate of drug-likeness (QED) is 0.583. The Kier molecular flexibility index (Phi) is 4.48. The molecule has 2 rings (SSSR count). The minimum absolute atomic E-state index is 0.122. The van der Waals surface area contributed by atoms with E-state index in [1.165, 1.54) is 5.56 Å². The molecule has 0 amide bonds. The van der Waals surface area contributed by atoms with Gasteiger partial charge in [-0.2, -0.15) is 5.10 Å². The van der Waals surface area contributed by atoms with E-state index in [2.05, 4.69) is 15.5 Å². The highest BCUT2D eigenvalue weighted by Gasteiger charge is 2.12. The highest BCUT2D eigenvalue weighted by atomic mass is 16.5. The van der Waals surface area contributed by atoms with E-state index in [9.17, 15) is 0 Å². The topological polar surface area (TPSA) is 78.0 Å². The van der Waals surface area contributed by atoms with Gasteiger partial charge in [0.25, 0.3) is 0 Å². The van der Waals surface area contributed by atoms with Crippen LogP contribution in [0.4, 0.5) is 0 Å². The molecular weight excluding hydrogens is 242 g/mol. The van der Waals surface area contributed by atoms with Crippen LogP contribution in [0.5, 0.6) is 5.75 Å². The molecule has 0 aliphatic rings. The number of aryl methyl sites for hydroxylation is 1. The molecule has 6 heteroatoms. The molecule has 102 valence electrons. The Bertz CT molecular complexity index is 508. The van der Waals surface area contributed by atoms with Gasteiger partial charge in [0.1, 0.15) is 17.9 Å². The van der Waals surface area contributed by atoms with Crippen molar-refractivity contribution in [1.82, 2.24) is 20.2 Å². The van der Waals surface area contributed by atoms with Crippen LogP contribution >= 0.6 is 0 Å². The standard InChI is InChI=1S/C13H19N5O/c1-18-13(15-9-16-18)8-11(17-14)7-10-3-5-12(19-2)6-4-10/h3-6,9,11,17H,7-8,14H2,1-2H3. The van der Waals surface area contributed by atoms with Crippen molar-refractivity contribution in [3.63, 3.8) is 0 Å². The Balaban J connectivity index is 2.00. The summed E-state index contributed by atoms with van der Waals surface area (Å²) in [4.78, 5) is 4.21. The van der Waals surface area contributed by atoms with E-state index in [0.29, 0.717) is 0 Å². The van der Waals surface area contributed by atoms with Crippen molar-refractivity contribution in [3.8, 4) is 5.75 Å². The average molecular weight is 261 g/mol. The largest absolute Gasteiger partial charge is 0.497 e. The van der Waals surface area contributed by atoms with E-state index in [1.807, 2.05) is 31.3 Å². The number of ether oxygens (including phenoxy) is 1. The third-order valence-electron chi connectivity index (χ3n) is 3.11. The molecule has 0 aliphatic carbocycles. The van der Waals surface area contributed by atoms with Crippen molar-refractivity contribution in [2.24, 2.45) is 12.9 Å². The molecule has 1 aromatic heterocycles. The number of nitrogens with one attached hydrogen (secondary N) is 1. The highest BCUT2D eigenvalue weighted by Crippen LogP contribution is 2.13. The van der Waals surface area contributed by atoms with E-state index in [-0.39, 0.29) is 6.04 Å². The fourth-order valence-corrected chi connectivity index (χ4v) is 1.96. The van der Waals surface area contributed by atoms with Gasteiger partial charge in [-0.15, -0.1) is 0 Å². The van der Waals surface area contributed by atoms with Crippen molar-refractivity contribution in [1.29, 1.82) is 0 Å². The zero-order valence-corrected chi connectivity index (χ0v) is 11.2. The molecule has 2 aromatic rings. The average Bonchev–Trinajstić information content (AvgIpc) is 2.84. The fourth-order valence-electron chi connectivity index (χ4n) is 1.96. The number of benzene rings is 1. The molecule has 0 radical (unpaired) electrons. The maximum Gasteiger partial charge on any atom is 0.138 e. The smallest absolute Gasteiger partial charge is 0.138 e. The van der Waals surface area contributed by atoms with Crippen molar-refractivity contribution < 1.29 is 4.74 Å². The number of hydrogen-bond donors (Lipinski definition) is 2. The maximum atomic E-state index is 5.61. The summed E-state index contributed by atoms with van der Waals surface area (Å²) < 4.78 is 6.90. The summed E-state index contributed by atoms with van der Waals surface area (Å²) in [5.41, 5.74) is 4.03. The first-order chi connectivity index (χ1) is 9.22. The lowest BCUT2D eigenvalue weighted by molar-refractivity contribution is 0.414. The highest BCUT2D eigenvalue weighted by molar-refractivity contribution is 5.27. The Labute approximate surface area is 112 Å². The van der Waals surface area contributed by atoms with Crippen molar-refractivity contribution in [3.05, 3.63) is 42.0 Å². The SMILES string of the molecule is COc1ccc(CC(Cc2ncnn2C)NN)cc1. The van der Waals surface area contributed by atoms with Crippen molar-refractivity contribution in [2.75, 3.05) is 7.11 Å². The van der Waals surface area contributed by atoms with Gasteiger partial charge in [0.15, 0.2) is 0 Å². The molecule has 0 spiro atoms. The molecule has 1 atom stereocenters. The summed E-state index contributed by atoms with van der Waals surface area (Å²) >= 11 is 0. The van der Waals surface area contributed by atoms with Crippen LogP contribution in [-0.2, 0) is 19.9 Å². The lowest BCUT2D eigenvalue weighted by Crippen LogP contribution is -2.39. The summed E-state index contributed by atoms with van der Waals surface area (Å²) in [6.07, 6.45) is 3.11. The van der Waals surface area contributed by atoms with Crippen LogP contribution in [-0.4, -0.2) is 27.9 Å². The first-order valence-electron chi connectivity index (χ1n) is 6.15. The Morgan fingerprint density at radius 1 is 1.32 bits per heavy atom. The minimum Gasteiger partial charge on any atom is -0.497 e. The van der Waals surface area contributed by atoms with Crippen molar-refractivity contribution >= 4 is 0 Å². The van der Waals surface area contributed by atoms with Gasteiger partial charge < -0.3 is 4.74 Å². The van der Waals surface area contributed by atoms with Crippen LogP contribution in [0.3, 0.4) is 0 Å². The molecule has 1 heterocycles. The van der Waals surface area contributed by atoms with E-state index in [0.717, 1.165) is 24.4 Å². The third kappa shape index (κ3) is 3.52. The van der Waals surface area contributed by atoms with Gasteiger partial charge in [0.05, 0.1) is 7.11 Å². The third-order valence-corrected chi connectivity index (χ3v) is 3.11. The number of methoxy groups -OCH3 is 1. The first-order valence-corrected chi connectivity index (χ1v) is 6.15. The molecule has 0 saturated carbocycles. The molecular formula is C13H19N5O. The Morgan fingerprint density at radius 2 is 2.05 bits per heavy atom. The van der Waals surface area contributed by atoms with Gasteiger partial charge >= 0.3 is 0 Å². The van der Waals surface area contributed by atoms with E-state index in [1.54, 1.807) is 18.1 Å². The molecule has 0 bridgehead atoms. The lowest BCUT2D eigenvalue weighted by Gasteiger charge is -2.15. The van der Waals surface area contributed by atoms with Gasteiger partial charge in [0.2, 0.25) is 0 Å². The molecule has 1 aromatic carbocycles. The molecule has 0 saturated heterocycles. The second kappa shape index (κ2) is 6.31.